The van der Waals surface area contributed by atoms with Gasteiger partial charge in [0, 0.05) is 37.9 Å². The third kappa shape index (κ3) is 5.04. The van der Waals surface area contributed by atoms with E-state index in [1.54, 1.807) is 0 Å². The third-order valence-corrected chi connectivity index (χ3v) is 11.5. The number of aliphatic imine (C=N–C) groups is 1. The van der Waals surface area contributed by atoms with Crippen molar-refractivity contribution in [3.63, 3.8) is 0 Å². The SMILES string of the molecule is c1ccc(C2=NC(c3ccccc3)NC(c3ccc4oc5cc(-c6cccc7oc8c(-n9c%10ccccc%10c%10ccccc%109)cccc8c67)ccc5c4c3)N2)cc1. The smallest absolute Gasteiger partial charge is 0.159 e. The highest BCUT2D eigenvalue weighted by Gasteiger charge is 2.26. The van der Waals surface area contributed by atoms with E-state index >= 15 is 0 Å². The first-order valence-electron chi connectivity index (χ1n) is 19.4. The molecule has 3 aromatic heterocycles. The number of nitrogens with zero attached hydrogens (tertiary/aromatic N) is 2. The monoisotopic (exact) mass is 734 g/mol. The normalized spacial score (nSPS) is 15.9. The number of rotatable bonds is 5. The molecule has 270 valence electrons. The molecule has 0 aliphatic carbocycles. The number of hydrogen-bond donors (Lipinski definition) is 2. The first kappa shape index (κ1) is 31.9. The van der Waals surface area contributed by atoms with Gasteiger partial charge in [-0.25, -0.2) is 4.99 Å². The van der Waals surface area contributed by atoms with Crippen molar-refractivity contribution in [1.82, 2.24) is 15.2 Å². The van der Waals surface area contributed by atoms with Crippen LogP contribution in [0.1, 0.15) is 29.0 Å². The molecule has 2 atom stereocenters. The summed E-state index contributed by atoms with van der Waals surface area (Å²) in [6.07, 6.45) is -0.373. The molecule has 0 fully saturated rings. The Morgan fingerprint density at radius 1 is 0.474 bits per heavy atom. The number of benzene rings is 8. The lowest BCUT2D eigenvalue weighted by Crippen LogP contribution is -2.44. The van der Waals surface area contributed by atoms with E-state index in [0.717, 1.165) is 94.3 Å². The molecule has 6 nitrogen and oxygen atoms in total. The molecule has 1 aliphatic rings. The molecule has 57 heavy (non-hydrogen) atoms. The Bertz CT molecular complexity index is 3320. The second-order valence-corrected chi connectivity index (χ2v) is 14.8. The van der Waals surface area contributed by atoms with Gasteiger partial charge in [-0.05, 0) is 70.8 Å². The molecule has 11 aromatic rings. The minimum absolute atomic E-state index is 0.170. The average Bonchev–Trinajstić information content (AvgIpc) is 3.96. The van der Waals surface area contributed by atoms with Crippen molar-refractivity contribution in [1.29, 1.82) is 0 Å². The van der Waals surface area contributed by atoms with Gasteiger partial charge in [0.05, 0.1) is 16.7 Å². The molecule has 2 unspecified atom stereocenters. The number of nitrogens with one attached hydrogen (secondary N) is 2. The predicted octanol–water partition coefficient (Wildman–Crippen LogP) is 12.6. The largest absolute Gasteiger partial charge is 0.456 e. The van der Waals surface area contributed by atoms with Gasteiger partial charge in [0.1, 0.15) is 34.9 Å². The van der Waals surface area contributed by atoms with Gasteiger partial charge in [0.2, 0.25) is 0 Å². The first-order chi connectivity index (χ1) is 28.2. The lowest BCUT2D eigenvalue weighted by molar-refractivity contribution is 0.409. The Morgan fingerprint density at radius 3 is 2.00 bits per heavy atom. The zero-order valence-corrected chi connectivity index (χ0v) is 30.7. The Labute approximate surface area is 327 Å². The second kappa shape index (κ2) is 12.6. The Kier molecular flexibility index (Phi) is 7.03. The number of amidine groups is 1. The lowest BCUT2D eigenvalue weighted by Gasteiger charge is -2.32. The summed E-state index contributed by atoms with van der Waals surface area (Å²) in [5, 5.41) is 14.2. The summed E-state index contributed by atoms with van der Waals surface area (Å²) in [7, 11) is 0. The van der Waals surface area contributed by atoms with Gasteiger partial charge in [0.25, 0.3) is 0 Å². The Balaban J connectivity index is 0.952. The molecule has 12 rings (SSSR count). The highest BCUT2D eigenvalue weighted by Crippen LogP contribution is 2.42. The van der Waals surface area contributed by atoms with Crippen LogP contribution in [0.15, 0.2) is 196 Å². The van der Waals surface area contributed by atoms with Gasteiger partial charge in [-0.3, -0.25) is 5.32 Å². The maximum Gasteiger partial charge on any atom is 0.159 e. The van der Waals surface area contributed by atoms with Crippen LogP contribution in [0, 0.1) is 0 Å². The van der Waals surface area contributed by atoms with Crippen molar-refractivity contribution in [3.05, 3.63) is 199 Å². The summed E-state index contributed by atoms with van der Waals surface area (Å²) in [6.45, 7) is 0. The fraction of sp³-hybridized carbons (Fsp3) is 0.0392. The molecule has 0 amide bonds. The van der Waals surface area contributed by atoms with E-state index in [9.17, 15) is 0 Å². The van der Waals surface area contributed by atoms with Crippen LogP contribution in [-0.4, -0.2) is 10.4 Å². The highest BCUT2D eigenvalue weighted by atomic mass is 16.3. The topological polar surface area (TPSA) is 67.6 Å². The van der Waals surface area contributed by atoms with Gasteiger partial charge < -0.3 is 18.7 Å². The third-order valence-electron chi connectivity index (χ3n) is 11.5. The number of fused-ring (bicyclic) bond motifs is 9. The maximum atomic E-state index is 6.78. The van der Waals surface area contributed by atoms with Crippen molar-refractivity contribution in [2.45, 2.75) is 12.3 Å². The number of furan rings is 2. The van der Waals surface area contributed by atoms with E-state index < -0.39 is 0 Å². The Morgan fingerprint density at radius 2 is 1.19 bits per heavy atom. The van der Waals surface area contributed by atoms with E-state index in [1.165, 1.54) is 10.8 Å². The highest BCUT2D eigenvalue weighted by molar-refractivity contribution is 6.17. The molecule has 8 aromatic carbocycles. The van der Waals surface area contributed by atoms with Crippen LogP contribution in [0.4, 0.5) is 0 Å². The quantitative estimate of drug-likeness (QED) is 0.185. The van der Waals surface area contributed by atoms with Crippen molar-refractivity contribution < 1.29 is 8.83 Å². The zero-order valence-electron chi connectivity index (χ0n) is 30.7. The number of aromatic nitrogens is 1. The molecule has 6 heteroatoms. The molecular formula is C51H34N4O2. The second-order valence-electron chi connectivity index (χ2n) is 14.8. The van der Waals surface area contributed by atoms with E-state index in [1.807, 2.05) is 24.3 Å². The predicted molar refractivity (Wildman–Crippen MR) is 232 cm³/mol. The summed E-state index contributed by atoms with van der Waals surface area (Å²) in [5.41, 5.74) is 12.2. The first-order valence-corrected chi connectivity index (χ1v) is 19.4. The number of hydrogen-bond acceptors (Lipinski definition) is 5. The summed E-state index contributed by atoms with van der Waals surface area (Å²) in [5.74, 6) is 0.859. The zero-order chi connectivity index (χ0) is 37.5. The van der Waals surface area contributed by atoms with Gasteiger partial charge in [-0.1, -0.05) is 133 Å². The molecule has 0 radical (unpaired) electrons. The summed E-state index contributed by atoms with van der Waals surface area (Å²) in [4.78, 5) is 5.09. The molecular weight excluding hydrogens is 701 g/mol. The molecule has 0 spiro atoms. The van der Waals surface area contributed by atoms with Gasteiger partial charge in [-0.2, -0.15) is 0 Å². The molecule has 2 N–H and O–H groups in total. The van der Waals surface area contributed by atoms with Crippen LogP contribution in [0.5, 0.6) is 0 Å². The van der Waals surface area contributed by atoms with Crippen LogP contribution in [0.3, 0.4) is 0 Å². The molecule has 0 bridgehead atoms. The van der Waals surface area contributed by atoms with E-state index in [0.29, 0.717) is 0 Å². The lowest BCUT2D eigenvalue weighted by atomic mass is 9.98. The minimum Gasteiger partial charge on any atom is -0.456 e. The van der Waals surface area contributed by atoms with E-state index in [-0.39, 0.29) is 12.3 Å². The maximum absolute atomic E-state index is 6.78. The fourth-order valence-electron chi connectivity index (χ4n) is 8.85. The van der Waals surface area contributed by atoms with Crippen molar-refractivity contribution in [2.24, 2.45) is 4.99 Å². The molecule has 1 aliphatic heterocycles. The average molecular weight is 735 g/mol. The van der Waals surface area contributed by atoms with Gasteiger partial charge in [0.15, 0.2) is 5.58 Å². The summed E-state index contributed by atoms with van der Waals surface area (Å²) in [6, 6.07) is 63.7. The van der Waals surface area contributed by atoms with Gasteiger partial charge in [-0.15, -0.1) is 0 Å². The van der Waals surface area contributed by atoms with E-state index in [4.69, 9.17) is 13.8 Å². The summed E-state index contributed by atoms with van der Waals surface area (Å²) >= 11 is 0. The van der Waals surface area contributed by atoms with Crippen molar-refractivity contribution in [2.75, 3.05) is 0 Å². The van der Waals surface area contributed by atoms with Gasteiger partial charge >= 0.3 is 0 Å². The molecule has 4 heterocycles. The van der Waals surface area contributed by atoms with Crippen LogP contribution in [-0.2, 0) is 0 Å². The van der Waals surface area contributed by atoms with Crippen LogP contribution >= 0.6 is 0 Å². The van der Waals surface area contributed by atoms with Crippen LogP contribution in [0.2, 0.25) is 0 Å². The van der Waals surface area contributed by atoms with Crippen LogP contribution in [0.25, 0.3) is 82.5 Å². The Hall–Kier alpha value is -7.41. The van der Waals surface area contributed by atoms with Crippen LogP contribution < -0.4 is 10.6 Å². The minimum atomic E-state index is -0.202. The number of para-hydroxylation sites is 3. The molecule has 0 saturated carbocycles. The van der Waals surface area contributed by atoms with Crippen molar-refractivity contribution >= 4 is 71.5 Å². The summed E-state index contributed by atoms with van der Waals surface area (Å²) < 4.78 is 15.7. The van der Waals surface area contributed by atoms with Crippen molar-refractivity contribution in [3.8, 4) is 16.8 Å². The van der Waals surface area contributed by atoms with E-state index in [2.05, 4.69) is 173 Å². The fourth-order valence-corrected chi connectivity index (χ4v) is 8.85. The standard InChI is InChI=1S/C51H34N4O2/c1-3-13-31(14-4-1)49-52-50(32-15-5-2-6-16-32)54-51(53-49)34-26-28-44-40(29-34)38-27-25-33(30-46(38)56-44)35-19-12-24-45-47(35)39-20-11-23-43(48(39)57-45)55-41-21-9-7-17-36(41)37-18-8-10-22-42(37)55/h1-30,49,51,53H,(H,52,54). The molecule has 0 saturated heterocycles.